The van der Waals surface area contributed by atoms with Crippen LogP contribution in [0.4, 0.5) is 5.69 Å². The van der Waals surface area contributed by atoms with E-state index in [9.17, 15) is 14.4 Å². The standard InChI is InChI=1S/C18H23N3O3/c1-12(22)19-16(13-7-5-6-8-13)17(23)20-15-11-21(18(15)24)14-9-3-2-4-10-14/h2-4,9-10,13,15-16H,5-8,11H2,1H3,(H,19,22)(H,20,23). The molecule has 2 aliphatic rings. The van der Waals surface area contributed by atoms with E-state index in [0.717, 1.165) is 31.4 Å². The number of carbonyl (C=O) groups excluding carboxylic acids is 3. The first kappa shape index (κ1) is 16.5. The van der Waals surface area contributed by atoms with Gasteiger partial charge in [-0.2, -0.15) is 0 Å². The number of anilines is 1. The Labute approximate surface area is 141 Å². The summed E-state index contributed by atoms with van der Waals surface area (Å²) in [5, 5.41) is 5.56. The average Bonchev–Trinajstić information content (AvgIpc) is 3.10. The largest absolute Gasteiger partial charge is 0.344 e. The maximum atomic E-state index is 12.6. The molecule has 128 valence electrons. The minimum absolute atomic E-state index is 0.109. The molecule has 3 amide bonds. The highest BCUT2D eigenvalue weighted by Crippen LogP contribution is 2.28. The van der Waals surface area contributed by atoms with E-state index in [1.165, 1.54) is 6.92 Å². The smallest absolute Gasteiger partial charge is 0.251 e. The lowest BCUT2D eigenvalue weighted by Gasteiger charge is -2.39. The molecule has 0 spiro atoms. The summed E-state index contributed by atoms with van der Waals surface area (Å²) in [6.45, 7) is 1.88. The fraction of sp³-hybridized carbons (Fsp3) is 0.500. The fourth-order valence-electron chi connectivity index (χ4n) is 3.54. The number of β-lactam (4-membered cyclic amide) rings is 1. The van der Waals surface area contributed by atoms with Crippen molar-refractivity contribution in [1.82, 2.24) is 10.6 Å². The first-order chi connectivity index (χ1) is 11.6. The number of para-hydroxylation sites is 1. The molecule has 6 heteroatoms. The summed E-state index contributed by atoms with van der Waals surface area (Å²) in [5.74, 6) is -0.409. The number of nitrogens with zero attached hydrogens (tertiary/aromatic N) is 1. The van der Waals surface area contributed by atoms with E-state index in [1.807, 2.05) is 30.3 Å². The molecule has 1 aliphatic heterocycles. The molecule has 1 saturated heterocycles. The van der Waals surface area contributed by atoms with Crippen molar-refractivity contribution in [2.45, 2.75) is 44.7 Å². The number of carbonyl (C=O) groups is 3. The van der Waals surface area contributed by atoms with Crippen molar-refractivity contribution in [3.8, 4) is 0 Å². The molecule has 0 radical (unpaired) electrons. The molecule has 1 aromatic rings. The van der Waals surface area contributed by atoms with Crippen molar-refractivity contribution in [3.63, 3.8) is 0 Å². The monoisotopic (exact) mass is 329 g/mol. The molecular formula is C18H23N3O3. The van der Waals surface area contributed by atoms with Crippen molar-refractivity contribution in [1.29, 1.82) is 0 Å². The molecule has 6 nitrogen and oxygen atoms in total. The second-order valence-electron chi connectivity index (χ2n) is 6.57. The molecule has 1 heterocycles. The molecule has 1 aromatic carbocycles. The molecule has 2 N–H and O–H groups in total. The van der Waals surface area contributed by atoms with Crippen molar-refractivity contribution in [2.24, 2.45) is 5.92 Å². The maximum absolute atomic E-state index is 12.6. The normalized spacial score (nSPS) is 22.0. The molecular weight excluding hydrogens is 306 g/mol. The number of amides is 3. The zero-order valence-corrected chi connectivity index (χ0v) is 13.8. The first-order valence-corrected chi connectivity index (χ1v) is 8.50. The predicted molar refractivity (Wildman–Crippen MR) is 90.3 cm³/mol. The number of nitrogens with one attached hydrogen (secondary N) is 2. The van der Waals surface area contributed by atoms with E-state index in [4.69, 9.17) is 0 Å². The SMILES string of the molecule is CC(=O)NC(C(=O)NC1CN(c2ccccc2)C1=O)C1CCCC1. The van der Waals surface area contributed by atoms with Crippen LogP contribution in [0.15, 0.2) is 30.3 Å². The Morgan fingerprint density at radius 2 is 1.83 bits per heavy atom. The van der Waals surface area contributed by atoms with Crippen molar-refractivity contribution >= 4 is 23.4 Å². The van der Waals surface area contributed by atoms with Gasteiger partial charge in [-0.3, -0.25) is 14.4 Å². The highest BCUT2D eigenvalue weighted by Gasteiger charge is 2.41. The third kappa shape index (κ3) is 3.42. The van der Waals surface area contributed by atoms with Gasteiger partial charge in [-0.15, -0.1) is 0 Å². The minimum atomic E-state index is -0.538. The highest BCUT2D eigenvalue weighted by atomic mass is 16.2. The van der Waals surface area contributed by atoms with E-state index in [1.54, 1.807) is 4.90 Å². The van der Waals surface area contributed by atoms with Crippen LogP contribution in [0.3, 0.4) is 0 Å². The number of hydrogen-bond acceptors (Lipinski definition) is 3. The fourth-order valence-corrected chi connectivity index (χ4v) is 3.54. The molecule has 3 rings (SSSR count). The van der Waals surface area contributed by atoms with Gasteiger partial charge in [0.2, 0.25) is 11.8 Å². The number of hydrogen-bond donors (Lipinski definition) is 2. The second-order valence-corrected chi connectivity index (χ2v) is 6.57. The van der Waals surface area contributed by atoms with Gasteiger partial charge in [0, 0.05) is 12.6 Å². The Bertz CT molecular complexity index is 626. The quantitative estimate of drug-likeness (QED) is 0.797. The van der Waals surface area contributed by atoms with Gasteiger partial charge in [0.15, 0.2) is 0 Å². The van der Waals surface area contributed by atoms with Gasteiger partial charge in [-0.1, -0.05) is 31.0 Å². The predicted octanol–water partition coefficient (Wildman–Crippen LogP) is 1.21. The van der Waals surface area contributed by atoms with E-state index >= 15 is 0 Å². The molecule has 2 atom stereocenters. The van der Waals surface area contributed by atoms with E-state index in [0.29, 0.717) is 6.54 Å². The van der Waals surface area contributed by atoms with Gasteiger partial charge in [-0.05, 0) is 30.9 Å². The van der Waals surface area contributed by atoms with E-state index in [-0.39, 0.29) is 23.6 Å². The van der Waals surface area contributed by atoms with Gasteiger partial charge in [0.05, 0.1) is 6.54 Å². The topological polar surface area (TPSA) is 78.5 Å². The van der Waals surface area contributed by atoms with Crippen LogP contribution in [0, 0.1) is 5.92 Å². The number of rotatable bonds is 5. The summed E-state index contributed by atoms with van der Waals surface area (Å²) in [6.07, 6.45) is 4.04. The van der Waals surface area contributed by atoms with Crippen LogP contribution in [0.5, 0.6) is 0 Å². The Morgan fingerprint density at radius 1 is 1.17 bits per heavy atom. The average molecular weight is 329 g/mol. The van der Waals surface area contributed by atoms with Crippen LogP contribution in [-0.4, -0.2) is 36.3 Å². The molecule has 2 fully saturated rings. The summed E-state index contributed by atoms with van der Waals surface area (Å²) in [4.78, 5) is 37.9. The first-order valence-electron chi connectivity index (χ1n) is 8.50. The summed E-state index contributed by atoms with van der Waals surface area (Å²) in [5.41, 5.74) is 0.835. The van der Waals surface area contributed by atoms with Crippen molar-refractivity contribution in [2.75, 3.05) is 11.4 Å². The van der Waals surface area contributed by atoms with Gasteiger partial charge < -0.3 is 15.5 Å². The van der Waals surface area contributed by atoms with E-state index in [2.05, 4.69) is 10.6 Å². The third-order valence-corrected chi connectivity index (χ3v) is 4.83. The second kappa shape index (κ2) is 7.03. The molecule has 24 heavy (non-hydrogen) atoms. The molecule has 0 aromatic heterocycles. The zero-order valence-electron chi connectivity index (χ0n) is 13.8. The Kier molecular flexibility index (Phi) is 4.83. The lowest BCUT2D eigenvalue weighted by molar-refractivity contribution is -0.133. The van der Waals surface area contributed by atoms with Crippen molar-refractivity contribution in [3.05, 3.63) is 30.3 Å². The lowest BCUT2D eigenvalue weighted by atomic mass is 9.96. The lowest BCUT2D eigenvalue weighted by Crippen LogP contribution is -2.66. The Balaban J connectivity index is 1.59. The van der Waals surface area contributed by atoms with Crippen LogP contribution in [0.2, 0.25) is 0 Å². The number of benzene rings is 1. The molecule has 0 bridgehead atoms. The summed E-state index contributed by atoms with van der Waals surface area (Å²) in [6, 6.07) is 8.34. The third-order valence-electron chi connectivity index (χ3n) is 4.83. The van der Waals surface area contributed by atoms with Gasteiger partial charge in [-0.25, -0.2) is 0 Å². The van der Waals surface area contributed by atoms with Crippen LogP contribution in [0.25, 0.3) is 0 Å². The van der Waals surface area contributed by atoms with E-state index < -0.39 is 12.1 Å². The minimum Gasteiger partial charge on any atom is -0.344 e. The maximum Gasteiger partial charge on any atom is 0.251 e. The van der Waals surface area contributed by atoms with Crippen LogP contribution in [-0.2, 0) is 14.4 Å². The van der Waals surface area contributed by atoms with Gasteiger partial charge in [0.1, 0.15) is 12.1 Å². The molecule has 1 saturated carbocycles. The van der Waals surface area contributed by atoms with Gasteiger partial charge >= 0.3 is 0 Å². The Morgan fingerprint density at radius 3 is 2.42 bits per heavy atom. The summed E-state index contributed by atoms with van der Waals surface area (Å²) < 4.78 is 0. The highest BCUT2D eigenvalue weighted by molar-refractivity contribution is 6.06. The zero-order chi connectivity index (χ0) is 17.1. The van der Waals surface area contributed by atoms with Crippen LogP contribution in [0.1, 0.15) is 32.6 Å². The van der Waals surface area contributed by atoms with Gasteiger partial charge in [0.25, 0.3) is 5.91 Å². The molecule has 2 unspecified atom stereocenters. The van der Waals surface area contributed by atoms with Crippen LogP contribution >= 0.6 is 0 Å². The Hall–Kier alpha value is -2.37. The van der Waals surface area contributed by atoms with Crippen molar-refractivity contribution < 1.29 is 14.4 Å². The summed E-state index contributed by atoms with van der Waals surface area (Å²) in [7, 11) is 0. The summed E-state index contributed by atoms with van der Waals surface area (Å²) >= 11 is 0. The van der Waals surface area contributed by atoms with Crippen LogP contribution < -0.4 is 15.5 Å². The molecule has 1 aliphatic carbocycles.